The predicted molar refractivity (Wildman–Crippen MR) is 85.4 cm³/mol. The van der Waals surface area contributed by atoms with Crippen molar-refractivity contribution in [2.45, 2.75) is 50.7 Å². The van der Waals surface area contributed by atoms with E-state index in [0.29, 0.717) is 19.6 Å². The second-order valence-corrected chi connectivity index (χ2v) is 6.97. The van der Waals surface area contributed by atoms with Crippen LogP contribution in [0.15, 0.2) is 18.2 Å². The first-order valence-electron chi connectivity index (χ1n) is 8.54. The molecule has 132 valence electrons. The van der Waals surface area contributed by atoms with E-state index in [9.17, 15) is 18.0 Å². The quantitative estimate of drug-likeness (QED) is 0.917. The lowest BCUT2D eigenvalue weighted by Gasteiger charge is -2.33. The van der Waals surface area contributed by atoms with Gasteiger partial charge in [-0.3, -0.25) is 9.69 Å². The van der Waals surface area contributed by atoms with E-state index in [1.165, 1.54) is 0 Å². The smallest absolute Gasteiger partial charge is 0.369 e. The van der Waals surface area contributed by atoms with Crippen molar-refractivity contribution in [1.29, 1.82) is 0 Å². The predicted octanol–water partition coefficient (Wildman–Crippen LogP) is 3.37. The molecule has 0 radical (unpaired) electrons. The maximum atomic E-state index is 12.7. The van der Waals surface area contributed by atoms with Crippen LogP contribution in [0.5, 0.6) is 0 Å². The number of aryl methyl sites for hydroxylation is 1. The summed E-state index contributed by atoms with van der Waals surface area (Å²) in [6.07, 6.45) is -1.03. The summed E-state index contributed by atoms with van der Waals surface area (Å²) in [5.41, 5.74) is 8.76. The Morgan fingerprint density at radius 1 is 1.21 bits per heavy atom. The second-order valence-electron chi connectivity index (χ2n) is 6.97. The number of carbonyl (C=O) groups excluding carboxylic acids is 1. The third-order valence-corrected chi connectivity index (χ3v) is 5.32. The molecule has 0 saturated carbocycles. The van der Waals surface area contributed by atoms with Crippen LogP contribution in [-0.2, 0) is 17.8 Å². The number of nitrogens with zero attached hydrogens (tertiary/aromatic N) is 1. The second kappa shape index (κ2) is 6.75. The Hall–Kier alpha value is -1.56. The number of rotatable bonds is 3. The number of benzene rings is 1. The minimum Gasteiger partial charge on any atom is -0.369 e. The van der Waals surface area contributed by atoms with Crippen LogP contribution in [0.2, 0.25) is 0 Å². The highest BCUT2D eigenvalue weighted by Crippen LogP contribution is 2.35. The molecule has 0 spiro atoms. The summed E-state index contributed by atoms with van der Waals surface area (Å²) in [4.78, 5) is 13.6. The van der Waals surface area contributed by atoms with Crippen LogP contribution in [-0.4, -0.2) is 30.1 Å². The first kappa shape index (κ1) is 17.3. The molecule has 6 heteroatoms. The standard InChI is InChI=1S/C18H23F3N2O/c19-18(20,21)14-6-8-23(9-7-14)11-12-4-5-15-13(10-12)2-1-3-16(15)17(22)24/h4-5,10,14,16H,1-3,6-9,11H2,(H2,22,24). The molecule has 0 aromatic heterocycles. The van der Waals surface area contributed by atoms with Gasteiger partial charge in [0.1, 0.15) is 0 Å². The van der Waals surface area contributed by atoms with Gasteiger partial charge in [-0.15, -0.1) is 0 Å². The highest BCUT2D eigenvalue weighted by atomic mass is 19.4. The zero-order valence-electron chi connectivity index (χ0n) is 13.6. The molecular formula is C18H23F3N2O. The number of carbonyl (C=O) groups is 1. The monoisotopic (exact) mass is 340 g/mol. The molecule has 3 nitrogen and oxygen atoms in total. The van der Waals surface area contributed by atoms with Crippen molar-refractivity contribution < 1.29 is 18.0 Å². The van der Waals surface area contributed by atoms with E-state index in [1.54, 1.807) is 0 Å². The first-order chi connectivity index (χ1) is 11.3. The molecule has 1 fully saturated rings. The highest BCUT2D eigenvalue weighted by Gasteiger charge is 2.41. The van der Waals surface area contributed by atoms with Crippen LogP contribution in [0.1, 0.15) is 48.3 Å². The molecule has 1 amide bonds. The summed E-state index contributed by atoms with van der Waals surface area (Å²) >= 11 is 0. The van der Waals surface area contributed by atoms with E-state index in [4.69, 9.17) is 5.73 Å². The van der Waals surface area contributed by atoms with Crippen molar-refractivity contribution in [1.82, 2.24) is 4.90 Å². The fraction of sp³-hybridized carbons (Fsp3) is 0.611. The Morgan fingerprint density at radius 2 is 1.92 bits per heavy atom. The minimum absolute atomic E-state index is 0.179. The molecule has 2 N–H and O–H groups in total. The average molecular weight is 340 g/mol. The molecule has 1 aromatic carbocycles. The Balaban J connectivity index is 1.64. The van der Waals surface area contributed by atoms with Crippen LogP contribution in [0.25, 0.3) is 0 Å². The lowest BCUT2D eigenvalue weighted by Crippen LogP contribution is -2.38. The van der Waals surface area contributed by atoms with Gasteiger partial charge in [0.25, 0.3) is 0 Å². The molecular weight excluding hydrogens is 317 g/mol. The van der Waals surface area contributed by atoms with E-state index in [1.807, 2.05) is 12.1 Å². The van der Waals surface area contributed by atoms with Gasteiger partial charge in [-0.2, -0.15) is 13.2 Å². The Morgan fingerprint density at radius 3 is 2.54 bits per heavy atom. The van der Waals surface area contributed by atoms with Crippen molar-refractivity contribution in [3.63, 3.8) is 0 Å². The van der Waals surface area contributed by atoms with E-state index >= 15 is 0 Å². The summed E-state index contributed by atoms with van der Waals surface area (Å²) in [6, 6.07) is 6.05. The summed E-state index contributed by atoms with van der Waals surface area (Å²) in [5.74, 6) is -1.64. The fourth-order valence-corrected chi connectivity index (χ4v) is 3.94. The molecule has 1 aliphatic carbocycles. The third kappa shape index (κ3) is 3.74. The Kier molecular flexibility index (Phi) is 4.85. The number of nitrogens with two attached hydrogens (primary N) is 1. The number of amides is 1. The molecule has 2 aliphatic rings. The Bertz CT molecular complexity index is 607. The zero-order valence-corrected chi connectivity index (χ0v) is 13.6. The van der Waals surface area contributed by atoms with Crippen LogP contribution >= 0.6 is 0 Å². The van der Waals surface area contributed by atoms with Crippen molar-refractivity contribution in [2.75, 3.05) is 13.1 Å². The number of hydrogen-bond acceptors (Lipinski definition) is 2. The summed E-state index contributed by atoms with van der Waals surface area (Å²) in [5, 5.41) is 0. The molecule has 1 atom stereocenters. The van der Waals surface area contributed by atoms with Gasteiger partial charge in [0, 0.05) is 6.54 Å². The van der Waals surface area contributed by atoms with Crippen molar-refractivity contribution in [3.05, 3.63) is 34.9 Å². The number of alkyl halides is 3. The number of likely N-dealkylation sites (tertiary alicyclic amines) is 1. The SMILES string of the molecule is NC(=O)C1CCCc2cc(CN3CCC(C(F)(F)F)CC3)ccc21. The van der Waals surface area contributed by atoms with Gasteiger partial charge >= 0.3 is 6.18 Å². The summed E-state index contributed by atoms with van der Waals surface area (Å²) in [7, 11) is 0. The topological polar surface area (TPSA) is 46.3 Å². The minimum atomic E-state index is -4.07. The van der Waals surface area contributed by atoms with Gasteiger partial charge in [-0.25, -0.2) is 0 Å². The zero-order chi connectivity index (χ0) is 17.3. The third-order valence-electron chi connectivity index (χ3n) is 5.32. The van der Waals surface area contributed by atoms with E-state index in [0.717, 1.165) is 36.0 Å². The fourth-order valence-electron chi connectivity index (χ4n) is 3.94. The van der Waals surface area contributed by atoms with Crippen molar-refractivity contribution >= 4 is 5.91 Å². The number of hydrogen-bond donors (Lipinski definition) is 1. The van der Waals surface area contributed by atoms with Crippen LogP contribution in [0.4, 0.5) is 13.2 Å². The van der Waals surface area contributed by atoms with Crippen molar-refractivity contribution in [3.8, 4) is 0 Å². The maximum Gasteiger partial charge on any atom is 0.391 e. The molecule has 3 rings (SSSR count). The number of primary amides is 1. The lowest BCUT2D eigenvalue weighted by molar-refractivity contribution is -0.185. The largest absolute Gasteiger partial charge is 0.391 e. The molecule has 1 unspecified atom stereocenters. The van der Waals surface area contributed by atoms with E-state index in [2.05, 4.69) is 11.0 Å². The molecule has 1 heterocycles. The maximum absolute atomic E-state index is 12.7. The van der Waals surface area contributed by atoms with Crippen LogP contribution < -0.4 is 5.73 Å². The van der Waals surface area contributed by atoms with Gasteiger partial charge < -0.3 is 5.73 Å². The molecule has 24 heavy (non-hydrogen) atoms. The summed E-state index contributed by atoms with van der Waals surface area (Å²) < 4.78 is 38.2. The first-order valence-corrected chi connectivity index (χ1v) is 8.54. The molecule has 0 bridgehead atoms. The highest BCUT2D eigenvalue weighted by molar-refractivity contribution is 5.82. The average Bonchev–Trinajstić information content (AvgIpc) is 2.53. The van der Waals surface area contributed by atoms with Gasteiger partial charge in [0.15, 0.2) is 0 Å². The number of fused-ring (bicyclic) bond motifs is 1. The molecule has 1 saturated heterocycles. The molecule has 1 aliphatic heterocycles. The van der Waals surface area contributed by atoms with Crippen molar-refractivity contribution in [2.24, 2.45) is 11.7 Å². The van der Waals surface area contributed by atoms with Gasteiger partial charge in [-0.05, 0) is 61.9 Å². The van der Waals surface area contributed by atoms with Crippen LogP contribution in [0, 0.1) is 5.92 Å². The normalized spacial score (nSPS) is 23.0. The molecule has 1 aromatic rings. The summed E-state index contributed by atoms with van der Waals surface area (Å²) in [6.45, 7) is 1.62. The Labute approximate surface area is 140 Å². The lowest BCUT2D eigenvalue weighted by atomic mass is 9.81. The van der Waals surface area contributed by atoms with E-state index in [-0.39, 0.29) is 24.7 Å². The van der Waals surface area contributed by atoms with Gasteiger partial charge in [0.05, 0.1) is 11.8 Å². The van der Waals surface area contributed by atoms with Gasteiger partial charge in [0.2, 0.25) is 5.91 Å². The van der Waals surface area contributed by atoms with Gasteiger partial charge in [-0.1, -0.05) is 18.2 Å². The van der Waals surface area contributed by atoms with Crippen LogP contribution in [0.3, 0.4) is 0 Å². The number of halogens is 3. The number of piperidine rings is 1. The van der Waals surface area contributed by atoms with E-state index < -0.39 is 12.1 Å².